The average Bonchev–Trinajstić information content (AvgIpc) is 2.64. The van der Waals surface area contributed by atoms with Gasteiger partial charge in [0, 0.05) is 31.2 Å². The third-order valence-corrected chi connectivity index (χ3v) is 2.25. The number of aliphatic imine (C=N–C) groups is 1. The van der Waals surface area contributed by atoms with Crippen molar-refractivity contribution in [1.29, 1.82) is 0 Å². The summed E-state index contributed by atoms with van der Waals surface area (Å²) in [6.45, 7) is 2.07. The van der Waals surface area contributed by atoms with Crippen LogP contribution in [-0.4, -0.2) is 10.8 Å². The lowest BCUT2D eigenvalue weighted by Crippen LogP contribution is -1.79. The van der Waals surface area contributed by atoms with Crippen LogP contribution in [0.2, 0.25) is 0 Å². The van der Waals surface area contributed by atoms with Crippen molar-refractivity contribution in [2.75, 3.05) is 0 Å². The molecule has 0 amide bonds. The van der Waals surface area contributed by atoms with Gasteiger partial charge in [0.25, 0.3) is 0 Å². The summed E-state index contributed by atoms with van der Waals surface area (Å²) in [6.07, 6.45) is 5.93. The Morgan fingerprint density at radius 3 is 2.47 bits per heavy atom. The topological polar surface area (TPSA) is 17.3 Å². The Kier molecular flexibility index (Phi) is 2.68. The van der Waals surface area contributed by atoms with E-state index in [2.05, 4.69) is 24.0 Å². The zero-order valence-electron chi connectivity index (χ0n) is 9.01. The first-order valence-corrected chi connectivity index (χ1v) is 4.97. The van der Waals surface area contributed by atoms with Crippen molar-refractivity contribution in [2.24, 2.45) is 12.0 Å². The molecule has 1 aromatic carbocycles. The largest absolute Gasteiger partial charge is 0.357 e. The fraction of sp³-hybridized carbons (Fsp3) is 0.154. The molecule has 2 heteroatoms. The molecule has 76 valence electrons. The number of nitrogens with zero attached hydrogens (tertiary/aromatic N) is 2. The van der Waals surface area contributed by atoms with Crippen molar-refractivity contribution in [3.63, 3.8) is 0 Å². The highest BCUT2D eigenvalue weighted by molar-refractivity contribution is 5.81. The Balaban J connectivity index is 2.14. The molecule has 2 nitrogen and oxygen atoms in total. The minimum absolute atomic E-state index is 0.990. The summed E-state index contributed by atoms with van der Waals surface area (Å²) < 4.78 is 2.01. The molecule has 0 spiro atoms. The maximum Gasteiger partial charge on any atom is 0.0630 e. The number of hydrogen-bond donors (Lipinski definition) is 0. The molecule has 0 aliphatic rings. The summed E-state index contributed by atoms with van der Waals surface area (Å²) in [5.74, 6) is 0. The Bertz CT molecular complexity index is 464. The van der Waals surface area contributed by atoms with Gasteiger partial charge in [0.05, 0.1) is 5.69 Å². The molecule has 2 rings (SSSR count). The first kappa shape index (κ1) is 9.71. The summed E-state index contributed by atoms with van der Waals surface area (Å²) in [5, 5.41) is 0. The monoisotopic (exact) mass is 198 g/mol. The van der Waals surface area contributed by atoms with Gasteiger partial charge in [-0.05, 0) is 25.1 Å². The lowest BCUT2D eigenvalue weighted by molar-refractivity contribution is 0.927. The van der Waals surface area contributed by atoms with Crippen molar-refractivity contribution in [2.45, 2.75) is 6.92 Å². The molecule has 0 bridgehead atoms. The lowest BCUT2D eigenvalue weighted by atomic mass is 10.2. The third kappa shape index (κ3) is 2.56. The Labute approximate surface area is 89.9 Å². The lowest BCUT2D eigenvalue weighted by Gasteiger charge is -1.93. The highest BCUT2D eigenvalue weighted by atomic mass is 14.9. The summed E-state index contributed by atoms with van der Waals surface area (Å²) in [6, 6.07) is 10.2. The van der Waals surface area contributed by atoms with E-state index in [1.54, 1.807) is 0 Å². The normalized spacial score (nSPS) is 11.1. The second-order valence-electron chi connectivity index (χ2n) is 3.70. The Morgan fingerprint density at radius 2 is 1.87 bits per heavy atom. The van der Waals surface area contributed by atoms with Gasteiger partial charge in [0.1, 0.15) is 0 Å². The summed E-state index contributed by atoms with van der Waals surface area (Å²) in [5.41, 5.74) is 3.37. The Hall–Kier alpha value is -1.83. The van der Waals surface area contributed by atoms with Crippen molar-refractivity contribution in [3.05, 3.63) is 53.9 Å². The fourth-order valence-corrected chi connectivity index (χ4v) is 1.38. The van der Waals surface area contributed by atoms with Crippen LogP contribution in [0.5, 0.6) is 0 Å². The maximum absolute atomic E-state index is 4.39. The van der Waals surface area contributed by atoms with Crippen molar-refractivity contribution < 1.29 is 0 Å². The minimum atomic E-state index is 0.990. The van der Waals surface area contributed by atoms with E-state index in [0.29, 0.717) is 0 Å². The number of benzene rings is 1. The average molecular weight is 198 g/mol. The van der Waals surface area contributed by atoms with E-state index >= 15 is 0 Å². The number of aryl methyl sites for hydroxylation is 2. The van der Waals surface area contributed by atoms with E-state index in [4.69, 9.17) is 0 Å². The van der Waals surface area contributed by atoms with E-state index in [1.165, 1.54) is 5.56 Å². The van der Waals surface area contributed by atoms with Crippen LogP contribution in [0.25, 0.3) is 0 Å². The van der Waals surface area contributed by atoms with E-state index in [-0.39, 0.29) is 0 Å². The van der Waals surface area contributed by atoms with Gasteiger partial charge in [-0.1, -0.05) is 17.7 Å². The highest BCUT2D eigenvalue weighted by Gasteiger charge is 1.90. The molecular weight excluding hydrogens is 184 g/mol. The summed E-state index contributed by atoms with van der Waals surface area (Å²) in [7, 11) is 2.00. The first-order chi connectivity index (χ1) is 7.24. The molecule has 0 radical (unpaired) electrons. The molecule has 2 aromatic rings. The van der Waals surface area contributed by atoms with Crippen LogP contribution in [-0.2, 0) is 7.05 Å². The van der Waals surface area contributed by atoms with E-state index in [0.717, 1.165) is 11.3 Å². The van der Waals surface area contributed by atoms with Gasteiger partial charge < -0.3 is 4.57 Å². The van der Waals surface area contributed by atoms with E-state index in [1.807, 2.05) is 48.4 Å². The molecule has 0 atom stereocenters. The minimum Gasteiger partial charge on any atom is -0.357 e. The number of hydrogen-bond acceptors (Lipinski definition) is 1. The fourth-order valence-electron chi connectivity index (χ4n) is 1.38. The zero-order chi connectivity index (χ0) is 10.7. The zero-order valence-corrected chi connectivity index (χ0v) is 9.01. The van der Waals surface area contributed by atoms with Crippen molar-refractivity contribution in [1.82, 2.24) is 4.57 Å². The van der Waals surface area contributed by atoms with Gasteiger partial charge in [-0.2, -0.15) is 0 Å². The van der Waals surface area contributed by atoms with E-state index in [9.17, 15) is 0 Å². The second-order valence-corrected chi connectivity index (χ2v) is 3.70. The van der Waals surface area contributed by atoms with Gasteiger partial charge in [-0.25, -0.2) is 0 Å². The van der Waals surface area contributed by atoms with E-state index < -0.39 is 0 Å². The van der Waals surface area contributed by atoms with Crippen LogP contribution in [0.3, 0.4) is 0 Å². The SMILES string of the molecule is Cc1ccc(N=Cc2ccn(C)c2)cc1. The third-order valence-electron chi connectivity index (χ3n) is 2.25. The molecule has 1 heterocycles. The van der Waals surface area contributed by atoms with Gasteiger partial charge in [0.15, 0.2) is 0 Å². The number of rotatable bonds is 2. The summed E-state index contributed by atoms with van der Waals surface area (Å²) >= 11 is 0. The van der Waals surface area contributed by atoms with Crippen LogP contribution < -0.4 is 0 Å². The van der Waals surface area contributed by atoms with Gasteiger partial charge >= 0.3 is 0 Å². The molecule has 0 aliphatic carbocycles. The molecule has 0 N–H and O–H groups in total. The molecule has 1 aromatic heterocycles. The molecule has 0 fully saturated rings. The molecule has 0 unspecified atom stereocenters. The van der Waals surface area contributed by atoms with Crippen molar-refractivity contribution >= 4 is 11.9 Å². The standard InChI is InChI=1S/C13H14N2/c1-11-3-5-13(6-4-11)14-9-12-7-8-15(2)10-12/h3-10H,1-2H3. The van der Waals surface area contributed by atoms with Crippen LogP contribution >= 0.6 is 0 Å². The quantitative estimate of drug-likeness (QED) is 0.660. The summed E-state index contributed by atoms with van der Waals surface area (Å²) in [4.78, 5) is 4.39. The van der Waals surface area contributed by atoms with Crippen LogP contribution in [0.1, 0.15) is 11.1 Å². The smallest absolute Gasteiger partial charge is 0.0630 e. The van der Waals surface area contributed by atoms with Crippen LogP contribution in [0, 0.1) is 6.92 Å². The number of aromatic nitrogens is 1. The maximum atomic E-state index is 4.39. The molecule has 15 heavy (non-hydrogen) atoms. The van der Waals surface area contributed by atoms with Gasteiger partial charge in [0.2, 0.25) is 0 Å². The molecular formula is C13H14N2. The second kappa shape index (κ2) is 4.13. The van der Waals surface area contributed by atoms with Gasteiger partial charge in [-0.3, -0.25) is 4.99 Å². The first-order valence-electron chi connectivity index (χ1n) is 4.97. The Morgan fingerprint density at radius 1 is 1.13 bits per heavy atom. The molecule has 0 saturated heterocycles. The molecule has 0 aliphatic heterocycles. The van der Waals surface area contributed by atoms with Crippen molar-refractivity contribution in [3.8, 4) is 0 Å². The predicted octanol–water partition coefficient (Wildman–Crippen LogP) is 3.08. The molecule has 0 saturated carbocycles. The highest BCUT2D eigenvalue weighted by Crippen LogP contribution is 2.12. The van der Waals surface area contributed by atoms with Gasteiger partial charge in [-0.15, -0.1) is 0 Å². The predicted molar refractivity (Wildman–Crippen MR) is 63.8 cm³/mol. The van der Waals surface area contributed by atoms with Crippen LogP contribution in [0.15, 0.2) is 47.7 Å². The van der Waals surface area contributed by atoms with Crippen LogP contribution in [0.4, 0.5) is 5.69 Å².